The van der Waals surface area contributed by atoms with E-state index in [0.29, 0.717) is 16.4 Å². The molecule has 122 valence electrons. The molecule has 1 heterocycles. The third-order valence-electron chi connectivity index (χ3n) is 2.87. The van der Waals surface area contributed by atoms with Gasteiger partial charge >= 0.3 is 0 Å². The number of thioether (sulfide) groups is 1. The maximum Gasteiger partial charge on any atom is 0.253 e. The van der Waals surface area contributed by atoms with Crippen LogP contribution in [0.15, 0.2) is 35.7 Å². The molecule has 0 saturated carbocycles. The Morgan fingerprint density at radius 1 is 1.30 bits per heavy atom. The van der Waals surface area contributed by atoms with Gasteiger partial charge in [0.15, 0.2) is 5.16 Å². The molecule has 0 aliphatic heterocycles. The van der Waals surface area contributed by atoms with Gasteiger partial charge in [0.05, 0.1) is 17.0 Å². The second-order valence-electron chi connectivity index (χ2n) is 5.24. The Hall–Kier alpha value is -2.35. The van der Waals surface area contributed by atoms with E-state index in [1.54, 1.807) is 35.2 Å². The number of aryl methyl sites for hydroxylation is 1. The lowest BCUT2D eigenvalue weighted by Gasteiger charge is -2.13. The van der Waals surface area contributed by atoms with Crippen LogP contribution in [0, 0.1) is 0 Å². The van der Waals surface area contributed by atoms with E-state index in [4.69, 9.17) is 0 Å². The van der Waals surface area contributed by atoms with E-state index in [9.17, 15) is 9.59 Å². The normalized spacial score (nSPS) is 10.6. The summed E-state index contributed by atoms with van der Waals surface area (Å²) < 4.78 is 1.74. The van der Waals surface area contributed by atoms with Crippen molar-refractivity contribution in [3.05, 3.63) is 36.2 Å². The fourth-order valence-electron chi connectivity index (χ4n) is 1.85. The first-order valence-electron chi connectivity index (χ1n) is 7.14. The Bertz CT molecular complexity index is 699. The second-order valence-corrected chi connectivity index (χ2v) is 6.18. The number of carbonyl (C=O) groups excluding carboxylic acids is 2. The van der Waals surface area contributed by atoms with Gasteiger partial charge in [-0.25, -0.2) is 0 Å². The quantitative estimate of drug-likeness (QED) is 0.785. The van der Waals surface area contributed by atoms with Crippen LogP contribution in [0.1, 0.15) is 24.2 Å². The number of rotatable bonds is 6. The minimum absolute atomic E-state index is 0.0257. The Balaban J connectivity index is 2.00. The summed E-state index contributed by atoms with van der Waals surface area (Å²) in [7, 11) is 1.81. The summed E-state index contributed by atoms with van der Waals surface area (Å²) in [5.41, 5.74) is 0.937. The highest BCUT2D eigenvalue weighted by atomic mass is 32.2. The van der Waals surface area contributed by atoms with Crippen molar-refractivity contribution < 1.29 is 9.59 Å². The van der Waals surface area contributed by atoms with Crippen LogP contribution in [0.4, 0.5) is 5.69 Å². The zero-order valence-corrected chi connectivity index (χ0v) is 14.1. The Morgan fingerprint density at radius 2 is 2.04 bits per heavy atom. The molecule has 0 bridgehead atoms. The monoisotopic (exact) mass is 333 g/mol. The van der Waals surface area contributed by atoms with Gasteiger partial charge in [-0.1, -0.05) is 23.9 Å². The molecular weight excluding hydrogens is 314 g/mol. The average molecular weight is 333 g/mol. The zero-order valence-electron chi connectivity index (χ0n) is 13.2. The minimum atomic E-state index is -0.211. The molecule has 23 heavy (non-hydrogen) atoms. The van der Waals surface area contributed by atoms with Crippen LogP contribution in [0.5, 0.6) is 0 Å². The van der Waals surface area contributed by atoms with E-state index in [-0.39, 0.29) is 23.6 Å². The van der Waals surface area contributed by atoms with Gasteiger partial charge in [-0.05, 0) is 26.0 Å². The summed E-state index contributed by atoms with van der Waals surface area (Å²) in [6.45, 7) is 3.77. The van der Waals surface area contributed by atoms with E-state index in [1.807, 2.05) is 20.9 Å². The Morgan fingerprint density at radius 3 is 2.70 bits per heavy atom. The molecule has 0 saturated heterocycles. The van der Waals surface area contributed by atoms with Crippen molar-refractivity contribution >= 4 is 29.3 Å². The molecule has 2 aromatic rings. The molecule has 0 radical (unpaired) electrons. The molecule has 8 heteroatoms. The maximum atomic E-state index is 12.2. The number of para-hydroxylation sites is 1. The number of anilines is 1. The SMILES string of the molecule is CC(C)NC(=O)c1ccccc1NC(=O)CSc1nncn1C. The van der Waals surface area contributed by atoms with Gasteiger partial charge in [0.1, 0.15) is 6.33 Å². The molecule has 2 amide bonds. The summed E-state index contributed by atoms with van der Waals surface area (Å²) in [6, 6.07) is 6.96. The van der Waals surface area contributed by atoms with Crippen molar-refractivity contribution in [3.8, 4) is 0 Å². The molecule has 1 aromatic carbocycles. The van der Waals surface area contributed by atoms with Crippen LogP contribution in [0.2, 0.25) is 0 Å². The highest BCUT2D eigenvalue weighted by Crippen LogP contribution is 2.17. The number of nitrogens with zero attached hydrogens (tertiary/aromatic N) is 3. The minimum Gasteiger partial charge on any atom is -0.350 e. The maximum absolute atomic E-state index is 12.2. The lowest BCUT2D eigenvalue weighted by atomic mass is 10.1. The van der Waals surface area contributed by atoms with Crippen LogP contribution in [0.25, 0.3) is 0 Å². The highest BCUT2D eigenvalue weighted by Gasteiger charge is 2.14. The molecule has 0 spiro atoms. The first-order valence-corrected chi connectivity index (χ1v) is 8.12. The largest absolute Gasteiger partial charge is 0.350 e. The number of nitrogens with one attached hydrogen (secondary N) is 2. The molecule has 0 fully saturated rings. The van der Waals surface area contributed by atoms with Crippen LogP contribution >= 0.6 is 11.8 Å². The summed E-state index contributed by atoms with van der Waals surface area (Å²) in [6.07, 6.45) is 1.58. The van der Waals surface area contributed by atoms with Crippen LogP contribution in [-0.4, -0.2) is 38.4 Å². The summed E-state index contributed by atoms with van der Waals surface area (Å²) in [5, 5.41) is 13.9. The molecule has 0 unspecified atom stereocenters. The lowest BCUT2D eigenvalue weighted by molar-refractivity contribution is -0.113. The van der Waals surface area contributed by atoms with Gasteiger partial charge in [-0.2, -0.15) is 0 Å². The molecule has 0 aliphatic rings. The number of aromatic nitrogens is 3. The van der Waals surface area contributed by atoms with E-state index in [0.717, 1.165) is 0 Å². The smallest absolute Gasteiger partial charge is 0.253 e. The van der Waals surface area contributed by atoms with Crippen molar-refractivity contribution in [2.75, 3.05) is 11.1 Å². The van der Waals surface area contributed by atoms with Crippen molar-refractivity contribution in [1.29, 1.82) is 0 Å². The standard InChI is InChI=1S/C15H19N5O2S/c1-10(2)17-14(22)11-6-4-5-7-12(11)18-13(21)8-23-15-19-16-9-20(15)3/h4-7,9-10H,8H2,1-3H3,(H,17,22)(H,18,21). The first-order chi connectivity index (χ1) is 11.0. The Kier molecular flexibility index (Phi) is 5.75. The van der Waals surface area contributed by atoms with E-state index < -0.39 is 0 Å². The average Bonchev–Trinajstić information content (AvgIpc) is 2.90. The van der Waals surface area contributed by atoms with E-state index in [1.165, 1.54) is 11.8 Å². The molecule has 0 aliphatic carbocycles. The number of amides is 2. The molecule has 7 nitrogen and oxygen atoms in total. The number of hydrogen-bond donors (Lipinski definition) is 2. The van der Waals surface area contributed by atoms with Crippen molar-refractivity contribution in [3.63, 3.8) is 0 Å². The van der Waals surface area contributed by atoms with Crippen molar-refractivity contribution in [2.45, 2.75) is 25.0 Å². The van der Waals surface area contributed by atoms with E-state index >= 15 is 0 Å². The second kappa shape index (κ2) is 7.77. The molecule has 0 atom stereocenters. The van der Waals surface area contributed by atoms with Gasteiger partial charge in [-0.15, -0.1) is 10.2 Å². The number of benzene rings is 1. The topological polar surface area (TPSA) is 88.9 Å². The van der Waals surface area contributed by atoms with Gasteiger partial charge < -0.3 is 15.2 Å². The Labute approximate surface area is 138 Å². The molecule has 1 aromatic heterocycles. The number of carbonyl (C=O) groups is 2. The first kappa shape index (κ1) is 17.0. The molecular formula is C15H19N5O2S. The van der Waals surface area contributed by atoms with Crippen LogP contribution in [0.3, 0.4) is 0 Å². The van der Waals surface area contributed by atoms with Crippen molar-refractivity contribution in [2.24, 2.45) is 7.05 Å². The highest BCUT2D eigenvalue weighted by molar-refractivity contribution is 7.99. The van der Waals surface area contributed by atoms with Crippen molar-refractivity contribution in [1.82, 2.24) is 20.1 Å². The van der Waals surface area contributed by atoms with Crippen LogP contribution < -0.4 is 10.6 Å². The summed E-state index contributed by atoms with van der Waals surface area (Å²) >= 11 is 1.28. The summed E-state index contributed by atoms with van der Waals surface area (Å²) in [4.78, 5) is 24.3. The lowest BCUT2D eigenvalue weighted by Crippen LogP contribution is -2.31. The van der Waals surface area contributed by atoms with Gasteiger partial charge in [0.2, 0.25) is 5.91 Å². The predicted molar refractivity (Wildman–Crippen MR) is 89.4 cm³/mol. The fourth-order valence-corrected chi connectivity index (χ4v) is 2.54. The molecule has 2 N–H and O–H groups in total. The third kappa shape index (κ3) is 4.82. The van der Waals surface area contributed by atoms with Crippen LogP contribution in [-0.2, 0) is 11.8 Å². The number of hydrogen-bond acceptors (Lipinski definition) is 5. The molecule has 2 rings (SSSR count). The predicted octanol–water partition coefficient (Wildman–Crippen LogP) is 1.68. The van der Waals surface area contributed by atoms with Gasteiger partial charge in [0.25, 0.3) is 5.91 Å². The van der Waals surface area contributed by atoms with Gasteiger partial charge in [0, 0.05) is 13.1 Å². The van der Waals surface area contributed by atoms with Gasteiger partial charge in [-0.3, -0.25) is 9.59 Å². The third-order valence-corrected chi connectivity index (χ3v) is 3.90. The zero-order chi connectivity index (χ0) is 16.8. The summed E-state index contributed by atoms with van der Waals surface area (Å²) in [5.74, 6) is -0.230. The fraction of sp³-hybridized carbons (Fsp3) is 0.333. The van der Waals surface area contributed by atoms with E-state index in [2.05, 4.69) is 20.8 Å².